The first-order valence-corrected chi connectivity index (χ1v) is 46.1. The second kappa shape index (κ2) is 45.7. The van der Waals surface area contributed by atoms with Crippen molar-refractivity contribution in [2.24, 2.45) is 69.0 Å². The summed E-state index contributed by atoms with van der Waals surface area (Å²) >= 11 is 0. The Morgan fingerprint density at radius 2 is 0.441 bits per heavy atom. The van der Waals surface area contributed by atoms with Crippen LogP contribution < -0.4 is 0 Å². The zero-order valence-corrected chi connectivity index (χ0v) is 76.4. The van der Waals surface area contributed by atoms with E-state index in [4.69, 9.17) is 28.4 Å². The summed E-state index contributed by atoms with van der Waals surface area (Å²) in [5.41, 5.74) is -6.54. The molecular weight excluding hydrogens is 1680 g/mol. The molecule has 6 heterocycles. The van der Waals surface area contributed by atoms with E-state index in [1.54, 1.807) is 41.5 Å². The van der Waals surface area contributed by atoms with Crippen molar-refractivity contribution in [1.29, 1.82) is 0 Å². The maximum atomic E-state index is 13.2. The number of ether oxygens (including phenoxy) is 6. The van der Waals surface area contributed by atoms with Crippen molar-refractivity contribution in [3.63, 3.8) is 0 Å². The highest BCUT2D eigenvalue weighted by Crippen LogP contribution is 2.47. The van der Waals surface area contributed by atoms with Crippen LogP contribution in [0, 0.1) is 69.0 Å². The van der Waals surface area contributed by atoms with E-state index < -0.39 is 120 Å². The van der Waals surface area contributed by atoms with Crippen LogP contribution in [0.5, 0.6) is 0 Å². The Kier molecular flexibility index (Phi) is 37.9. The van der Waals surface area contributed by atoms with E-state index in [1.165, 1.54) is 26.7 Å². The van der Waals surface area contributed by atoms with Crippen molar-refractivity contribution in [3.05, 3.63) is 0 Å². The second-order valence-electron chi connectivity index (χ2n) is 37.5. The molecule has 0 bridgehead atoms. The number of rotatable bonds is 24. The standard InChI is InChI=1S/C16H22F3NO4.C16H25NO4.C15H20F3NO4.2C15H23NO4.C14H21NO4/c1-3-15(2,16(17,18)19)14(23)20-11(21)9-12(20)24-13(22)10-7-5-4-6-8-10;1-4-16(2,3)15(20)17-12(18)10-13(17)21-14(19)11-8-6-5-7-9-11;1-3-14(2,15(16,17)18)13(22)19-10(20)8-11(19)23-12(21)9-6-4-5-7-9;1-4-15(2,3)14(19)16-11(17)9-12(16)20-13(18)10-7-5-6-8-10;1-3-10(2)14(18)16-12(17)9-13(16)20-15(19)11-7-5-4-6-8-11;1-3-9(2)13(17)15-11(16)8-12(15)19-14(18)10-6-4-5-7-10/h10,12H,3-9H2,1-2H3;11,13H,4-10H2,1-3H3;9,11H,3-8H2,1-2H3;10,12H,4-9H2,1-3H3;10-11,13H,3-9H2,1-2H3;9-10,12H,3-8H2,1-2H3. The summed E-state index contributed by atoms with van der Waals surface area (Å²) in [6.07, 6.45) is 11.9. The molecule has 0 N–H and O–H groups in total. The molecule has 0 aromatic carbocycles. The average molecular weight is 1810 g/mol. The van der Waals surface area contributed by atoms with Gasteiger partial charge in [-0.3, -0.25) is 86.3 Å². The smallest absolute Gasteiger partial charge is 0.402 e. The molecule has 6 saturated carbocycles. The number of carbonyl (C=O) groups is 18. The quantitative estimate of drug-likeness (QED) is 0.0375. The summed E-state index contributed by atoms with van der Waals surface area (Å²) in [6, 6.07) is 0. The molecule has 6 aliphatic carbocycles. The zero-order chi connectivity index (χ0) is 94.8. The van der Waals surface area contributed by atoms with Crippen LogP contribution in [0.2, 0.25) is 0 Å². The molecule has 0 radical (unpaired) electrons. The maximum Gasteiger partial charge on any atom is 0.402 e. The van der Waals surface area contributed by atoms with Crippen molar-refractivity contribution in [3.8, 4) is 0 Å². The molecule has 6 aliphatic heterocycles. The molecule has 6 saturated heterocycles. The number of alkyl halides is 6. The van der Waals surface area contributed by atoms with Gasteiger partial charge < -0.3 is 28.4 Å². The largest absolute Gasteiger partial charge is 0.440 e. The summed E-state index contributed by atoms with van der Waals surface area (Å²) in [7, 11) is 0. The van der Waals surface area contributed by atoms with Crippen LogP contribution in [-0.2, 0) is 115 Å². The molecule has 12 rings (SSSR count). The minimum Gasteiger partial charge on any atom is -0.440 e. The Morgan fingerprint density at radius 1 is 0.276 bits per heavy atom. The lowest BCUT2D eigenvalue weighted by molar-refractivity contribution is -0.235. The first-order valence-electron chi connectivity index (χ1n) is 46.1. The van der Waals surface area contributed by atoms with Crippen molar-refractivity contribution >= 4 is 107 Å². The molecule has 10 unspecified atom stereocenters. The highest BCUT2D eigenvalue weighted by atomic mass is 19.4. The highest BCUT2D eigenvalue weighted by Gasteiger charge is 2.63. The summed E-state index contributed by atoms with van der Waals surface area (Å²) in [5.74, 6) is -9.45. The van der Waals surface area contributed by atoms with Crippen LogP contribution in [0.1, 0.15) is 347 Å². The van der Waals surface area contributed by atoms with E-state index in [0.717, 1.165) is 168 Å². The minimum atomic E-state index is -4.79. The summed E-state index contributed by atoms with van der Waals surface area (Å²) in [6.45, 7) is 22.4. The Balaban J connectivity index is 0.000000209. The number of amides is 12. The van der Waals surface area contributed by atoms with Gasteiger partial charge in [0, 0.05) is 22.7 Å². The van der Waals surface area contributed by atoms with Gasteiger partial charge in [0.05, 0.1) is 74.0 Å². The Morgan fingerprint density at radius 3 is 0.591 bits per heavy atom. The van der Waals surface area contributed by atoms with Crippen LogP contribution >= 0.6 is 0 Å². The van der Waals surface area contributed by atoms with Gasteiger partial charge in [-0.1, -0.05) is 179 Å². The number of imide groups is 6. The lowest BCUT2D eigenvalue weighted by atomic mass is 9.83. The molecule has 12 amide bonds. The van der Waals surface area contributed by atoms with Crippen LogP contribution in [-0.4, -0.2) is 186 Å². The monoisotopic (exact) mass is 1810 g/mol. The Bertz CT molecular complexity index is 3980. The normalized spacial score (nSPS) is 24.6. The molecule has 0 aromatic heterocycles. The zero-order valence-electron chi connectivity index (χ0n) is 76.4. The van der Waals surface area contributed by atoms with E-state index in [0.29, 0.717) is 61.2 Å². The number of carbonyl (C=O) groups excluding carboxylic acids is 18. The van der Waals surface area contributed by atoms with E-state index >= 15 is 0 Å². The average Bonchev–Trinajstić information content (AvgIpc) is 1.10. The molecule has 12 aliphatic rings. The van der Waals surface area contributed by atoms with Crippen LogP contribution in [0.4, 0.5) is 26.3 Å². The summed E-state index contributed by atoms with van der Waals surface area (Å²) < 4.78 is 111. The second-order valence-corrected chi connectivity index (χ2v) is 37.5. The number of halogens is 6. The molecular formula is C91H134F6N6O24. The van der Waals surface area contributed by atoms with Crippen LogP contribution in [0.3, 0.4) is 0 Å². The number of nitrogens with zero attached hydrogens (tertiary/aromatic N) is 6. The third kappa shape index (κ3) is 25.7. The molecule has 0 aromatic rings. The van der Waals surface area contributed by atoms with E-state index in [-0.39, 0.29) is 157 Å². The predicted octanol–water partition coefficient (Wildman–Crippen LogP) is 14.9. The lowest BCUT2D eigenvalue weighted by Gasteiger charge is -2.43. The number of hydrogen-bond acceptors (Lipinski definition) is 24. The van der Waals surface area contributed by atoms with Gasteiger partial charge in [-0.25, -0.2) is 29.4 Å². The van der Waals surface area contributed by atoms with Gasteiger partial charge in [-0.2, -0.15) is 26.3 Å². The van der Waals surface area contributed by atoms with Crippen LogP contribution in [0.15, 0.2) is 0 Å². The number of likely N-dealkylation sites (tertiary alicyclic amines) is 6. The summed E-state index contributed by atoms with van der Waals surface area (Å²) in [5, 5.41) is 0. The number of β-lactam (4-membered cyclic amide) rings is 6. The fourth-order valence-electron chi connectivity index (χ4n) is 16.5. The predicted molar refractivity (Wildman–Crippen MR) is 440 cm³/mol. The van der Waals surface area contributed by atoms with Gasteiger partial charge in [0.15, 0.2) is 37.4 Å². The topological polar surface area (TPSA) is 382 Å². The van der Waals surface area contributed by atoms with Gasteiger partial charge in [0.2, 0.25) is 70.9 Å². The minimum absolute atomic E-state index is 0.0451. The van der Waals surface area contributed by atoms with Gasteiger partial charge in [0.25, 0.3) is 0 Å². The molecule has 0 spiro atoms. The van der Waals surface area contributed by atoms with Crippen molar-refractivity contribution in [2.75, 3.05) is 0 Å². The van der Waals surface area contributed by atoms with Gasteiger partial charge in [-0.15, -0.1) is 0 Å². The Labute approximate surface area is 740 Å². The van der Waals surface area contributed by atoms with E-state index in [9.17, 15) is 113 Å². The SMILES string of the molecule is CCC(C)(C(=O)N1C(=O)CC1OC(=O)C1CCCC1)C(F)(F)F.CCC(C)(C(=O)N1C(=O)CC1OC(=O)C1CCCCC1)C(F)(F)F.CCC(C)(C)C(=O)N1C(=O)CC1OC(=O)C1CCCC1.CCC(C)(C)C(=O)N1C(=O)CC1OC(=O)C1CCCCC1.CCC(C)C(=O)N1C(=O)CC1OC(=O)C1CCCC1.CCC(C)C(=O)N1C(=O)CC1OC(=O)C1CCCCC1. The Hall–Kier alpha value is -8.76. The maximum absolute atomic E-state index is 13.2. The molecule has 36 heteroatoms. The molecule has 12 fully saturated rings. The van der Waals surface area contributed by atoms with E-state index in [2.05, 4.69) is 0 Å². The van der Waals surface area contributed by atoms with Crippen molar-refractivity contribution in [1.82, 2.24) is 29.4 Å². The van der Waals surface area contributed by atoms with Crippen molar-refractivity contribution < 1.29 is 141 Å². The molecule has 714 valence electrons. The first kappa shape index (κ1) is 105. The summed E-state index contributed by atoms with van der Waals surface area (Å²) in [4.78, 5) is 220. The fraction of sp³-hybridized carbons (Fsp3) is 0.802. The van der Waals surface area contributed by atoms with Crippen LogP contribution in [0.25, 0.3) is 0 Å². The lowest BCUT2D eigenvalue weighted by Crippen LogP contribution is -2.63. The highest BCUT2D eigenvalue weighted by molar-refractivity contribution is 6.06. The third-order valence-corrected chi connectivity index (χ3v) is 27.8. The molecule has 10 atom stereocenters. The first-order chi connectivity index (χ1) is 59.5. The third-order valence-electron chi connectivity index (χ3n) is 27.8. The molecule has 30 nitrogen and oxygen atoms in total. The molecule has 127 heavy (non-hydrogen) atoms. The van der Waals surface area contributed by atoms with Gasteiger partial charge >= 0.3 is 48.2 Å². The van der Waals surface area contributed by atoms with E-state index in [1.807, 2.05) is 27.7 Å². The fourth-order valence-corrected chi connectivity index (χ4v) is 16.5. The van der Waals surface area contributed by atoms with Crippen molar-refractivity contribution in [2.45, 2.75) is 397 Å². The number of hydrogen-bond donors (Lipinski definition) is 0. The van der Waals surface area contributed by atoms with Gasteiger partial charge in [-0.05, 0) is 129 Å². The number of esters is 6. The van der Waals surface area contributed by atoms with Gasteiger partial charge in [0.1, 0.15) is 10.8 Å².